The smallest absolute Gasteiger partial charge is 0.329 e. The molecule has 0 aromatic rings. The molecule has 11 heteroatoms. The van der Waals surface area contributed by atoms with E-state index in [-0.39, 0.29) is 17.6 Å². The molecule has 10 nitrogen and oxygen atoms in total. The second kappa shape index (κ2) is 9.41. The quantitative estimate of drug-likeness (QED) is 0.193. The molecule has 2 aliphatic carbocycles. The lowest BCUT2D eigenvalue weighted by Gasteiger charge is -2.34. The van der Waals surface area contributed by atoms with Crippen molar-refractivity contribution in [3.63, 3.8) is 0 Å². The number of carboxylic acids is 2. The van der Waals surface area contributed by atoms with Crippen LogP contribution >= 0.6 is 11.8 Å². The zero-order valence-electron chi connectivity index (χ0n) is 17.1. The molecular weight excluding hydrogens is 416 g/mol. The number of allylic oxidation sites excluding steroid dienone is 2. The first-order valence-electron chi connectivity index (χ1n) is 9.85. The van der Waals surface area contributed by atoms with E-state index in [2.05, 4.69) is 0 Å². The first kappa shape index (κ1) is 24.9. The minimum atomic E-state index is -2.14. The van der Waals surface area contributed by atoms with Crippen molar-refractivity contribution in [3.8, 4) is 0 Å². The third-order valence-electron chi connectivity index (χ3n) is 6.42. The Kier molecular flexibility index (Phi) is 7.81. The first-order chi connectivity index (χ1) is 13.9. The van der Waals surface area contributed by atoms with Gasteiger partial charge in [-0.25, -0.2) is 4.79 Å². The van der Waals surface area contributed by atoms with E-state index in [0.717, 1.165) is 12.8 Å². The molecule has 0 saturated heterocycles. The number of carboxylic acid groups (broad SMARTS) is 2. The summed E-state index contributed by atoms with van der Waals surface area (Å²) < 4.78 is 5.84. The van der Waals surface area contributed by atoms with E-state index in [1.165, 1.54) is 25.6 Å². The summed E-state index contributed by atoms with van der Waals surface area (Å²) in [4.78, 5) is 22.8. The normalized spacial score (nSPS) is 30.0. The lowest BCUT2D eigenvalue weighted by Crippen LogP contribution is -2.65. The number of fused-ring (bicyclic) bond motifs is 2. The summed E-state index contributed by atoms with van der Waals surface area (Å²) in [5.74, 6) is -0.911. The maximum absolute atomic E-state index is 11.4. The molecule has 2 bridgehead atoms. The predicted octanol–water partition coefficient (Wildman–Crippen LogP) is -1.04. The van der Waals surface area contributed by atoms with Gasteiger partial charge in [-0.05, 0) is 50.4 Å². The minimum Gasteiger partial charge on any atom is -0.492 e. The maximum atomic E-state index is 11.4. The number of hydrogen-bond acceptors (Lipinski definition) is 9. The van der Waals surface area contributed by atoms with Gasteiger partial charge in [-0.15, -0.1) is 0 Å². The van der Waals surface area contributed by atoms with Crippen LogP contribution < -0.4 is 11.5 Å². The van der Waals surface area contributed by atoms with Crippen molar-refractivity contribution >= 4 is 23.7 Å². The van der Waals surface area contributed by atoms with Crippen LogP contribution in [0.2, 0.25) is 0 Å². The van der Waals surface area contributed by atoms with Crippen LogP contribution in [0.15, 0.2) is 11.8 Å². The van der Waals surface area contributed by atoms with Crippen molar-refractivity contribution in [3.05, 3.63) is 11.8 Å². The summed E-state index contributed by atoms with van der Waals surface area (Å²) in [6.07, 6.45) is -0.0361. The molecule has 1 fully saturated rings. The molecule has 0 heterocycles. The summed E-state index contributed by atoms with van der Waals surface area (Å²) in [5, 5.41) is 47.9. The fourth-order valence-corrected chi connectivity index (χ4v) is 5.37. The fraction of sp³-hybridized carbons (Fsp3) is 0.789. The van der Waals surface area contributed by atoms with E-state index in [1.54, 1.807) is 0 Å². The van der Waals surface area contributed by atoms with Gasteiger partial charge in [0.2, 0.25) is 0 Å². The van der Waals surface area contributed by atoms with Crippen LogP contribution in [0.4, 0.5) is 0 Å². The van der Waals surface area contributed by atoms with Crippen LogP contribution in [0.3, 0.4) is 0 Å². The molecule has 0 radical (unpaired) electrons. The zero-order valence-corrected chi connectivity index (χ0v) is 17.9. The van der Waals surface area contributed by atoms with Crippen molar-refractivity contribution < 1.29 is 39.9 Å². The van der Waals surface area contributed by atoms with Gasteiger partial charge in [-0.1, -0.05) is 0 Å². The summed E-state index contributed by atoms with van der Waals surface area (Å²) in [5.41, 5.74) is 7.45. The van der Waals surface area contributed by atoms with Gasteiger partial charge in [-0.3, -0.25) is 4.79 Å². The highest BCUT2D eigenvalue weighted by molar-refractivity contribution is 7.99. The summed E-state index contributed by atoms with van der Waals surface area (Å²) in [6.45, 7) is 1.99. The van der Waals surface area contributed by atoms with Crippen LogP contribution in [0.1, 0.15) is 26.7 Å². The van der Waals surface area contributed by atoms with E-state index >= 15 is 0 Å². The van der Waals surface area contributed by atoms with Crippen molar-refractivity contribution in [1.82, 2.24) is 0 Å². The average molecular weight is 449 g/mol. The molecule has 8 atom stereocenters. The molecule has 2 rings (SSSR count). The molecule has 9 N–H and O–H groups in total. The third-order valence-corrected chi connectivity index (χ3v) is 7.63. The van der Waals surface area contributed by atoms with Crippen molar-refractivity contribution in [2.45, 2.75) is 56.1 Å². The van der Waals surface area contributed by atoms with E-state index in [4.69, 9.17) is 16.2 Å². The lowest BCUT2D eigenvalue weighted by atomic mass is 9.89. The van der Waals surface area contributed by atoms with Crippen LogP contribution in [-0.4, -0.2) is 85.0 Å². The molecule has 1 saturated carbocycles. The summed E-state index contributed by atoms with van der Waals surface area (Å²) in [6, 6.07) is 0. The van der Waals surface area contributed by atoms with Gasteiger partial charge in [0.1, 0.15) is 6.10 Å². The molecule has 0 aromatic heterocycles. The lowest BCUT2D eigenvalue weighted by molar-refractivity contribution is -0.153. The number of aliphatic hydroxyl groups excluding tert-OH is 3. The molecule has 30 heavy (non-hydrogen) atoms. The molecule has 0 aliphatic heterocycles. The monoisotopic (exact) mass is 448 g/mol. The van der Waals surface area contributed by atoms with Crippen LogP contribution in [-0.2, 0) is 14.3 Å². The van der Waals surface area contributed by atoms with Gasteiger partial charge in [-0.2, -0.15) is 11.8 Å². The Labute approximate surface area is 179 Å². The Morgan fingerprint density at radius 2 is 1.87 bits per heavy atom. The van der Waals surface area contributed by atoms with Crippen molar-refractivity contribution in [2.24, 2.45) is 29.2 Å². The van der Waals surface area contributed by atoms with Crippen molar-refractivity contribution in [2.75, 3.05) is 18.1 Å². The average Bonchev–Trinajstić information content (AvgIpc) is 3.25. The number of nitrogens with two attached hydrogens (primary N) is 2. The summed E-state index contributed by atoms with van der Waals surface area (Å²) >= 11 is 1.35. The van der Waals surface area contributed by atoms with Gasteiger partial charge in [0.25, 0.3) is 0 Å². The maximum Gasteiger partial charge on any atom is 0.329 e. The highest BCUT2D eigenvalue weighted by atomic mass is 32.2. The van der Waals surface area contributed by atoms with E-state index in [0.29, 0.717) is 17.4 Å². The minimum absolute atomic E-state index is 0.0489. The zero-order chi connectivity index (χ0) is 22.9. The highest BCUT2D eigenvalue weighted by Gasteiger charge is 2.48. The topological polar surface area (TPSA) is 197 Å². The van der Waals surface area contributed by atoms with E-state index in [9.17, 15) is 35.1 Å². The second-order valence-corrected chi connectivity index (χ2v) is 9.47. The second-order valence-electron chi connectivity index (χ2n) is 8.40. The molecule has 5 unspecified atom stereocenters. The highest BCUT2D eigenvalue weighted by Crippen LogP contribution is 2.49. The Bertz CT molecular complexity index is 689. The number of ether oxygens (including phenoxy) is 1. The number of thioether (sulfide) groups is 1. The van der Waals surface area contributed by atoms with Gasteiger partial charge in [0.15, 0.2) is 11.1 Å². The van der Waals surface area contributed by atoms with E-state index in [1.807, 2.05) is 6.08 Å². The van der Waals surface area contributed by atoms with Gasteiger partial charge in [0, 0.05) is 11.7 Å². The van der Waals surface area contributed by atoms with Crippen LogP contribution in [0, 0.1) is 17.8 Å². The summed E-state index contributed by atoms with van der Waals surface area (Å²) in [7, 11) is 0. The predicted molar refractivity (Wildman–Crippen MR) is 110 cm³/mol. The number of carbonyl (C=O) groups is 2. The number of aliphatic hydroxyl groups is 3. The number of hydrogen-bond donors (Lipinski definition) is 7. The number of aliphatic carboxylic acids is 2. The van der Waals surface area contributed by atoms with Crippen molar-refractivity contribution in [1.29, 1.82) is 0 Å². The number of rotatable bonds is 12. The molecule has 2 aliphatic rings. The molecule has 0 aromatic carbocycles. The Morgan fingerprint density at radius 1 is 1.23 bits per heavy atom. The molecule has 0 spiro atoms. The Morgan fingerprint density at radius 3 is 2.33 bits per heavy atom. The third kappa shape index (κ3) is 4.61. The Hall–Kier alpha value is -1.37. The Balaban J connectivity index is 1.93. The standard InChI is InChI=1S/C19H32N2O8S/c1-9(23)19(21,17(27)28)15(24)7-30-6-12-3-11-4-13(12)14(5-11)29-10(2)18(20,8-22)16(25)26/h5,9-13,15,22-24H,3-4,6-8,20-21H2,1-2H3,(H,25,26)(H,27,28)/t9?,10?,11?,12?,13?,15-,18-,19-/m1/s1. The van der Waals surface area contributed by atoms with E-state index < -0.39 is 47.9 Å². The van der Waals surface area contributed by atoms with Gasteiger partial charge < -0.3 is 41.7 Å². The molecule has 172 valence electrons. The largest absolute Gasteiger partial charge is 0.492 e. The van der Waals surface area contributed by atoms with Gasteiger partial charge in [0.05, 0.1) is 24.6 Å². The van der Waals surface area contributed by atoms with Gasteiger partial charge >= 0.3 is 11.9 Å². The first-order valence-corrected chi connectivity index (χ1v) is 11.0. The van der Waals surface area contributed by atoms with Crippen LogP contribution in [0.5, 0.6) is 0 Å². The fourth-order valence-electron chi connectivity index (χ4n) is 4.07. The van der Waals surface area contributed by atoms with Crippen LogP contribution in [0.25, 0.3) is 0 Å². The molecule has 0 amide bonds. The SMILES string of the molecule is CC(O)[C@](N)(C(=O)O)[C@H](O)CSCC1CC2C=C(OC(C)[C@](N)(CO)C(=O)O)C1C2. The molecular formula is C19H32N2O8S.